The first-order chi connectivity index (χ1) is 19.6. The summed E-state index contributed by atoms with van der Waals surface area (Å²) < 4.78 is 42.3. The highest BCUT2D eigenvalue weighted by Crippen LogP contribution is 2.29. The fourth-order valence-electron chi connectivity index (χ4n) is 5.00. The number of anilines is 1. The Bertz CT molecular complexity index is 1450. The Kier molecular flexibility index (Phi) is 10.3. The van der Waals surface area contributed by atoms with Crippen molar-refractivity contribution < 1.29 is 22.4 Å². The van der Waals surface area contributed by atoms with E-state index in [-0.39, 0.29) is 35.5 Å². The molecular formula is C30H32Cl2FN3O4S. The molecule has 0 heterocycles. The first-order valence-corrected chi connectivity index (χ1v) is 15.7. The summed E-state index contributed by atoms with van der Waals surface area (Å²) in [6.45, 7) is 1.03. The number of benzene rings is 3. The lowest BCUT2D eigenvalue weighted by Gasteiger charge is -2.34. The standard InChI is InChI=1S/C30H32Cl2FN3O4S/c1-2-28(30(38)34-22-9-6-7-10-22)35(19-25-26(31)13-8-14-27(25)32)29(37)20-36(23-17-15-21(33)16-18-23)41(39,40)24-11-4-3-5-12-24/h3-5,8,11-18,22,28H,2,6-7,9-10,19-20H2,1H3,(H,34,38)/t28-/m1/s1. The molecule has 0 aliphatic heterocycles. The molecular weight excluding hydrogens is 588 g/mol. The van der Waals surface area contributed by atoms with Gasteiger partial charge in [-0.3, -0.25) is 13.9 Å². The van der Waals surface area contributed by atoms with Gasteiger partial charge in [-0.1, -0.05) is 67.2 Å². The summed E-state index contributed by atoms with van der Waals surface area (Å²) in [6, 6.07) is 16.5. The number of nitrogens with one attached hydrogen (secondary N) is 1. The molecule has 0 spiro atoms. The summed E-state index contributed by atoms with van der Waals surface area (Å²) in [5.74, 6) is -1.52. The van der Waals surface area contributed by atoms with Crippen LogP contribution in [0.3, 0.4) is 0 Å². The average molecular weight is 621 g/mol. The van der Waals surface area contributed by atoms with Crippen LogP contribution >= 0.6 is 23.2 Å². The summed E-state index contributed by atoms with van der Waals surface area (Å²) in [6.07, 6.45) is 4.03. The van der Waals surface area contributed by atoms with Gasteiger partial charge in [0.25, 0.3) is 10.0 Å². The van der Waals surface area contributed by atoms with Crippen molar-refractivity contribution in [1.82, 2.24) is 10.2 Å². The smallest absolute Gasteiger partial charge is 0.264 e. The van der Waals surface area contributed by atoms with E-state index in [1.807, 2.05) is 0 Å². The van der Waals surface area contributed by atoms with Crippen LogP contribution in [0, 0.1) is 5.82 Å². The molecule has 0 aromatic heterocycles. The lowest BCUT2D eigenvalue weighted by molar-refractivity contribution is -0.140. The number of rotatable bonds is 11. The average Bonchev–Trinajstić information content (AvgIpc) is 3.47. The van der Waals surface area contributed by atoms with Gasteiger partial charge in [0.1, 0.15) is 18.4 Å². The Hall–Kier alpha value is -3.14. The first kappa shape index (κ1) is 30.8. The maximum atomic E-state index is 14.1. The minimum Gasteiger partial charge on any atom is -0.352 e. The molecule has 2 amide bonds. The van der Waals surface area contributed by atoms with Crippen LogP contribution in [0.15, 0.2) is 77.7 Å². The molecule has 1 aliphatic rings. The van der Waals surface area contributed by atoms with Crippen molar-refractivity contribution in [2.75, 3.05) is 10.8 Å². The summed E-state index contributed by atoms with van der Waals surface area (Å²) >= 11 is 12.9. The van der Waals surface area contributed by atoms with Gasteiger partial charge in [0.15, 0.2) is 0 Å². The highest BCUT2D eigenvalue weighted by Gasteiger charge is 2.35. The zero-order chi connectivity index (χ0) is 29.6. The maximum absolute atomic E-state index is 14.1. The van der Waals surface area contributed by atoms with Gasteiger partial charge in [0.05, 0.1) is 10.6 Å². The summed E-state index contributed by atoms with van der Waals surface area (Å²) in [7, 11) is -4.25. The van der Waals surface area contributed by atoms with Crippen LogP contribution in [-0.2, 0) is 26.2 Å². The van der Waals surface area contributed by atoms with Crippen LogP contribution in [0.25, 0.3) is 0 Å². The molecule has 1 aliphatic carbocycles. The topological polar surface area (TPSA) is 86.8 Å². The van der Waals surface area contributed by atoms with E-state index < -0.39 is 34.3 Å². The van der Waals surface area contributed by atoms with Crippen molar-refractivity contribution in [1.29, 1.82) is 0 Å². The van der Waals surface area contributed by atoms with Gasteiger partial charge in [0, 0.05) is 28.2 Å². The predicted octanol–water partition coefficient (Wildman–Crippen LogP) is 6.19. The Labute approximate surface area is 250 Å². The summed E-state index contributed by atoms with van der Waals surface area (Å²) in [5, 5.41) is 3.68. The molecule has 1 atom stereocenters. The Morgan fingerprint density at radius 3 is 2.15 bits per heavy atom. The first-order valence-electron chi connectivity index (χ1n) is 13.5. The molecule has 4 rings (SSSR count). The highest BCUT2D eigenvalue weighted by atomic mass is 35.5. The molecule has 0 radical (unpaired) electrons. The number of halogens is 3. The van der Waals surface area contributed by atoms with E-state index in [1.165, 1.54) is 29.2 Å². The van der Waals surface area contributed by atoms with E-state index >= 15 is 0 Å². The largest absolute Gasteiger partial charge is 0.352 e. The van der Waals surface area contributed by atoms with Crippen LogP contribution in [-0.4, -0.2) is 43.8 Å². The SMILES string of the molecule is CC[C@H](C(=O)NC1CCCC1)N(Cc1c(Cl)cccc1Cl)C(=O)CN(c1ccc(F)cc1)S(=O)(=O)c1ccccc1. The van der Waals surface area contributed by atoms with Gasteiger partial charge in [-0.25, -0.2) is 12.8 Å². The minimum absolute atomic E-state index is 0.0200. The quantitative estimate of drug-likeness (QED) is 0.277. The maximum Gasteiger partial charge on any atom is 0.264 e. The minimum atomic E-state index is -4.25. The van der Waals surface area contributed by atoms with Crippen LogP contribution in [0.1, 0.15) is 44.6 Å². The Balaban J connectivity index is 1.73. The van der Waals surface area contributed by atoms with E-state index in [9.17, 15) is 22.4 Å². The molecule has 218 valence electrons. The monoisotopic (exact) mass is 619 g/mol. The van der Waals surface area contributed by atoms with Crippen molar-refractivity contribution in [2.24, 2.45) is 0 Å². The van der Waals surface area contributed by atoms with Gasteiger partial charge in [-0.2, -0.15) is 0 Å². The van der Waals surface area contributed by atoms with Gasteiger partial charge >= 0.3 is 0 Å². The third-order valence-corrected chi connectivity index (χ3v) is 9.70. The molecule has 3 aromatic carbocycles. The van der Waals surface area contributed by atoms with Gasteiger partial charge in [-0.15, -0.1) is 0 Å². The lowest BCUT2D eigenvalue weighted by Crippen LogP contribution is -2.53. The van der Waals surface area contributed by atoms with Gasteiger partial charge in [-0.05, 0) is 67.8 Å². The summed E-state index contributed by atoms with van der Waals surface area (Å²) in [5.41, 5.74) is 0.540. The zero-order valence-electron chi connectivity index (χ0n) is 22.6. The molecule has 1 N–H and O–H groups in total. The molecule has 3 aromatic rings. The number of carbonyl (C=O) groups is 2. The third kappa shape index (κ3) is 7.39. The normalized spacial score (nSPS) is 14.4. The molecule has 41 heavy (non-hydrogen) atoms. The molecule has 0 bridgehead atoms. The number of sulfonamides is 1. The predicted molar refractivity (Wildman–Crippen MR) is 159 cm³/mol. The number of hydrogen-bond donors (Lipinski definition) is 1. The molecule has 7 nitrogen and oxygen atoms in total. The fraction of sp³-hybridized carbons (Fsp3) is 0.333. The van der Waals surface area contributed by atoms with Crippen molar-refractivity contribution in [3.05, 3.63) is 94.2 Å². The molecule has 11 heteroatoms. The Morgan fingerprint density at radius 2 is 1.56 bits per heavy atom. The van der Waals surface area contributed by atoms with Gasteiger partial charge < -0.3 is 10.2 Å². The van der Waals surface area contributed by atoms with Crippen LogP contribution in [0.2, 0.25) is 10.0 Å². The molecule has 1 fully saturated rings. The van der Waals surface area contributed by atoms with Gasteiger partial charge in [0.2, 0.25) is 11.8 Å². The second-order valence-corrected chi connectivity index (χ2v) is 12.6. The van der Waals surface area contributed by atoms with E-state index in [4.69, 9.17) is 23.2 Å². The van der Waals surface area contributed by atoms with Crippen molar-refractivity contribution in [3.8, 4) is 0 Å². The van der Waals surface area contributed by atoms with Crippen molar-refractivity contribution in [2.45, 2.75) is 62.6 Å². The van der Waals surface area contributed by atoms with Crippen LogP contribution < -0.4 is 9.62 Å². The second-order valence-electron chi connectivity index (χ2n) is 9.94. The third-order valence-electron chi connectivity index (χ3n) is 7.20. The number of amides is 2. The Morgan fingerprint density at radius 1 is 0.951 bits per heavy atom. The zero-order valence-corrected chi connectivity index (χ0v) is 24.9. The molecule has 1 saturated carbocycles. The van der Waals surface area contributed by atoms with E-state index in [0.717, 1.165) is 42.1 Å². The van der Waals surface area contributed by atoms with E-state index in [1.54, 1.807) is 43.3 Å². The van der Waals surface area contributed by atoms with E-state index in [2.05, 4.69) is 5.32 Å². The van der Waals surface area contributed by atoms with E-state index in [0.29, 0.717) is 15.6 Å². The second kappa shape index (κ2) is 13.7. The number of carbonyl (C=O) groups excluding carboxylic acids is 2. The van der Waals surface area contributed by atoms with Crippen molar-refractivity contribution in [3.63, 3.8) is 0 Å². The number of nitrogens with zero attached hydrogens (tertiary/aromatic N) is 2. The molecule has 0 unspecified atom stereocenters. The molecule has 0 saturated heterocycles. The van der Waals surface area contributed by atoms with Crippen LogP contribution in [0.4, 0.5) is 10.1 Å². The van der Waals surface area contributed by atoms with Crippen molar-refractivity contribution >= 4 is 50.7 Å². The lowest BCUT2D eigenvalue weighted by atomic mass is 10.1. The summed E-state index contributed by atoms with van der Waals surface area (Å²) in [4.78, 5) is 28.9. The highest BCUT2D eigenvalue weighted by molar-refractivity contribution is 7.92. The van der Waals surface area contributed by atoms with Crippen LogP contribution in [0.5, 0.6) is 0 Å². The fourth-order valence-corrected chi connectivity index (χ4v) is 6.95. The number of hydrogen-bond acceptors (Lipinski definition) is 4.